The van der Waals surface area contributed by atoms with E-state index in [1.54, 1.807) is 7.11 Å². The van der Waals surface area contributed by atoms with Gasteiger partial charge in [0.2, 0.25) is 0 Å². The minimum absolute atomic E-state index is 0.848. The summed E-state index contributed by atoms with van der Waals surface area (Å²) in [7, 11) is 3.77. The molecule has 0 spiro atoms. The highest BCUT2D eigenvalue weighted by molar-refractivity contribution is 5.99. The summed E-state index contributed by atoms with van der Waals surface area (Å²) in [4.78, 5) is 4.52. The molecule has 0 saturated heterocycles. The predicted molar refractivity (Wildman–Crippen MR) is 191 cm³/mol. The van der Waals surface area contributed by atoms with Crippen molar-refractivity contribution in [2.45, 2.75) is 0 Å². The Morgan fingerprint density at radius 1 is 0.422 bits per heavy atom. The van der Waals surface area contributed by atoms with Crippen molar-refractivity contribution in [3.8, 4) is 28.0 Å². The number of fused-ring (bicyclic) bond motifs is 1. The van der Waals surface area contributed by atoms with Crippen LogP contribution in [0, 0.1) is 0 Å². The standard InChI is InChI=1S/C42H34N2O/c1-43(39-14-9-15-40(30-39)45-2)36-24-18-33(19-25-36)34-22-28-38(29-23-34)44(42-17-8-13-35-12-6-7-16-41(35)42)37-26-20-32(21-27-37)31-10-4-3-5-11-31/h3-30H,1-2H3. The third-order valence-corrected chi connectivity index (χ3v) is 8.39. The van der Waals surface area contributed by atoms with E-state index >= 15 is 0 Å². The molecule has 0 fully saturated rings. The SMILES string of the molecule is COc1cccc(N(C)c2ccc(-c3ccc(N(c4ccc(-c5ccccc5)cc4)c4cccc5ccccc45)cc3)cc2)c1. The van der Waals surface area contributed by atoms with E-state index in [2.05, 4.69) is 169 Å². The van der Waals surface area contributed by atoms with Crippen LogP contribution in [-0.4, -0.2) is 14.2 Å². The summed E-state index contributed by atoms with van der Waals surface area (Å²) in [5.74, 6) is 0.848. The maximum absolute atomic E-state index is 5.42. The molecular weight excluding hydrogens is 548 g/mol. The Balaban J connectivity index is 1.22. The van der Waals surface area contributed by atoms with Crippen molar-refractivity contribution in [3.05, 3.63) is 170 Å². The lowest BCUT2D eigenvalue weighted by Gasteiger charge is -2.27. The lowest BCUT2D eigenvalue weighted by molar-refractivity contribution is 0.415. The van der Waals surface area contributed by atoms with E-state index in [-0.39, 0.29) is 0 Å². The topological polar surface area (TPSA) is 15.7 Å². The number of hydrogen-bond acceptors (Lipinski definition) is 3. The molecule has 0 bridgehead atoms. The van der Waals surface area contributed by atoms with Gasteiger partial charge in [0.15, 0.2) is 0 Å². The minimum Gasteiger partial charge on any atom is -0.497 e. The average molecular weight is 583 g/mol. The molecule has 45 heavy (non-hydrogen) atoms. The van der Waals surface area contributed by atoms with E-state index in [0.717, 1.165) is 34.2 Å². The Kier molecular flexibility index (Phi) is 7.74. The smallest absolute Gasteiger partial charge is 0.120 e. The molecule has 3 heteroatoms. The molecule has 0 atom stereocenters. The maximum Gasteiger partial charge on any atom is 0.120 e. The molecule has 0 N–H and O–H groups in total. The maximum atomic E-state index is 5.42. The Labute approximate surface area is 265 Å². The fraction of sp³-hybridized carbons (Fsp3) is 0.0476. The van der Waals surface area contributed by atoms with Crippen molar-refractivity contribution in [3.63, 3.8) is 0 Å². The third kappa shape index (κ3) is 5.76. The van der Waals surface area contributed by atoms with Crippen LogP contribution in [0.15, 0.2) is 170 Å². The van der Waals surface area contributed by atoms with Crippen LogP contribution in [0.25, 0.3) is 33.0 Å². The normalized spacial score (nSPS) is 10.9. The first-order valence-electron chi connectivity index (χ1n) is 15.2. The van der Waals surface area contributed by atoms with E-state index in [9.17, 15) is 0 Å². The highest BCUT2D eigenvalue weighted by Gasteiger charge is 2.16. The summed E-state index contributed by atoms with van der Waals surface area (Å²) >= 11 is 0. The summed E-state index contributed by atoms with van der Waals surface area (Å²) in [5, 5.41) is 2.43. The van der Waals surface area contributed by atoms with Crippen LogP contribution in [0.4, 0.5) is 28.4 Å². The molecule has 0 heterocycles. The van der Waals surface area contributed by atoms with Gasteiger partial charge in [0, 0.05) is 41.2 Å². The summed E-state index contributed by atoms with van der Waals surface area (Å²) in [6.07, 6.45) is 0. The molecule has 0 aliphatic heterocycles. The predicted octanol–water partition coefficient (Wildman–Crippen LogP) is 11.4. The zero-order valence-corrected chi connectivity index (χ0v) is 25.5. The molecule has 7 aromatic carbocycles. The number of benzene rings is 7. The van der Waals surface area contributed by atoms with Crippen LogP contribution in [0.3, 0.4) is 0 Å². The highest BCUT2D eigenvalue weighted by Crippen LogP contribution is 2.40. The molecule has 0 saturated carbocycles. The first kappa shape index (κ1) is 28.0. The van der Waals surface area contributed by atoms with Crippen molar-refractivity contribution in [2.24, 2.45) is 0 Å². The first-order valence-corrected chi connectivity index (χ1v) is 15.2. The molecule has 0 unspecified atom stereocenters. The quantitative estimate of drug-likeness (QED) is 0.177. The zero-order chi connectivity index (χ0) is 30.6. The van der Waals surface area contributed by atoms with Gasteiger partial charge in [-0.2, -0.15) is 0 Å². The Hall–Kier alpha value is -5.80. The van der Waals surface area contributed by atoms with Crippen LogP contribution in [-0.2, 0) is 0 Å². The van der Waals surface area contributed by atoms with Crippen molar-refractivity contribution in [1.82, 2.24) is 0 Å². The van der Waals surface area contributed by atoms with E-state index in [1.807, 2.05) is 18.2 Å². The number of ether oxygens (including phenoxy) is 1. The minimum atomic E-state index is 0.848. The van der Waals surface area contributed by atoms with E-state index in [4.69, 9.17) is 4.74 Å². The lowest BCUT2D eigenvalue weighted by Crippen LogP contribution is -2.10. The van der Waals surface area contributed by atoms with Gasteiger partial charge in [0.25, 0.3) is 0 Å². The zero-order valence-electron chi connectivity index (χ0n) is 25.5. The van der Waals surface area contributed by atoms with Gasteiger partial charge in [-0.3, -0.25) is 0 Å². The molecule has 0 aliphatic carbocycles. The summed E-state index contributed by atoms with van der Waals surface area (Å²) in [6.45, 7) is 0. The second-order valence-corrected chi connectivity index (χ2v) is 11.1. The van der Waals surface area contributed by atoms with Gasteiger partial charge in [-0.25, -0.2) is 0 Å². The number of hydrogen-bond donors (Lipinski definition) is 0. The molecule has 218 valence electrons. The van der Waals surface area contributed by atoms with Crippen LogP contribution in [0.5, 0.6) is 5.75 Å². The summed E-state index contributed by atoms with van der Waals surface area (Å²) in [6, 6.07) is 60.2. The Bertz CT molecular complexity index is 2030. The summed E-state index contributed by atoms with van der Waals surface area (Å²) in [5.41, 5.74) is 10.3. The number of anilines is 5. The molecule has 0 amide bonds. The van der Waals surface area contributed by atoms with Crippen molar-refractivity contribution >= 4 is 39.2 Å². The Morgan fingerprint density at radius 3 is 1.56 bits per heavy atom. The monoisotopic (exact) mass is 582 g/mol. The van der Waals surface area contributed by atoms with Crippen LogP contribution >= 0.6 is 0 Å². The van der Waals surface area contributed by atoms with Gasteiger partial charge < -0.3 is 14.5 Å². The van der Waals surface area contributed by atoms with Crippen LogP contribution in [0.1, 0.15) is 0 Å². The van der Waals surface area contributed by atoms with Gasteiger partial charge >= 0.3 is 0 Å². The molecule has 7 rings (SSSR count). The molecule has 0 aliphatic rings. The second kappa shape index (κ2) is 12.4. The number of rotatable bonds is 8. The highest BCUT2D eigenvalue weighted by atomic mass is 16.5. The van der Waals surface area contributed by atoms with E-state index < -0.39 is 0 Å². The third-order valence-electron chi connectivity index (χ3n) is 8.39. The molecule has 3 nitrogen and oxygen atoms in total. The molecular formula is C42H34N2O. The average Bonchev–Trinajstić information content (AvgIpc) is 3.12. The van der Waals surface area contributed by atoms with Crippen LogP contribution in [0.2, 0.25) is 0 Å². The first-order chi connectivity index (χ1) is 22.2. The molecule has 0 aromatic heterocycles. The molecule has 0 radical (unpaired) electrons. The number of methoxy groups -OCH3 is 1. The van der Waals surface area contributed by atoms with Crippen molar-refractivity contribution in [1.29, 1.82) is 0 Å². The molecule has 7 aromatic rings. The Morgan fingerprint density at radius 2 is 0.933 bits per heavy atom. The fourth-order valence-corrected chi connectivity index (χ4v) is 5.91. The van der Waals surface area contributed by atoms with Crippen LogP contribution < -0.4 is 14.5 Å². The van der Waals surface area contributed by atoms with Gasteiger partial charge in [-0.1, -0.05) is 109 Å². The second-order valence-electron chi connectivity index (χ2n) is 11.1. The van der Waals surface area contributed by atoms with Gasteiger partial charge in [-0.15, -0.1) is 0 Å². The van der Waals surface area contributed by atoms with Crippen molar-refractivity contribution in [2.75, 3.05) is 24.0 Å². The summed E-state index contributed by atoms with van der Waals surface area (Å²) < 4.78 is 5.42. The fourth-order valence-electron chi connectivity index (χ4n) is 5.91. The van der Waals surface area contributed by atoms with E-state index in [1.165, 1.54) is 33.0 Å². The van der Waals surface area contributed by atoms with Gasteiger partial charge in [0.1, 0.15) is 5.75 Å². The van der Waals surface area contributed by atoms with E-state index in [0.29, 0.717) is 0 Å². The largest absolute Gasteiger partial charge is 0.497 e. The number of nitrogens with zero attached hydrogens (tertiary/aromatic N) is 2. The van der Waals surface area contributed by atoms with Crippen molar-refractivity contribution < 1.29 is 4.74 Å². The lowest BCUT2D eigenvalue weighted by atomic mass is 10.0. The van der Waals surface area contributed by atoms with Gasteiger partial charge in [-0.05, 0) is 82.2 Å². The van der Waals surface area contributed by atoms with Gasteiger partial charge in [0.05, 0.1) is 12.8 Å².